The zero-order chi connectivity index (χ0) is 14.5. The van der Waals surface area contributed by atoms with Crippen LogP contribution in [0.5, 0.6) is 0 Å². The van der Waals surface area contributed by atoms with Crippen molar-refractivity contribution in [3.63, 3.8) is 0 Å². The number of carbonyl (C=O) groups excluding carboxylic acids is 1. The summed E-state index contributed by atoms with van der Waals surface area (Å²) in [6.07, 6.45) is 1.55. The summed E-state index contributed by atoms with van der Waals surface area (Å²) in [7, 11) is 1.81. The van der Waals surface area contributed by atoms with E-state index in [0.717, 1.165) is 11.4 Å². The predicted octanol–water partition coefficient (Wildman–Crippen LogP) is 2.52. The van der Waals surface area contributed by atoms with Gasteiger partial charge in [-0.05, 0) is 26.0 Å². The molecule has 0 radical (unpaired) electrons. The number of ether oxygens (including phenoxy) is 1. The number of hydrogen-bond acceptors (Lipinski definition) is 4. The topological polar surface area (TPSA) is 56.1 Å². The van der Waals surface area contributed by atoms with Crippen LogP contribution in [0.15, 0.2) is 30.5 Å². The average molecular weight is 273 g/mol. The van der Waals surface area contributed by atoms with Crippen LogP contribution in [-0.4, -0.2) is 22.4 Å². The van der Waals surface area contributed by atoms with Gasteiger partial charge in [-0.15, -0.1) is 0 Å². The third kappa shape index (κ3) is 3.17. The standard InChI is InChI=1S/C15H19N3O2/c1-4-20-15(19)13-9-17-18(3)14(13)10-16-12-7-5-11(2)6-8-12/h5-9,16H,4,10H2,1-3H3. The first kappa shape index (κ1) is 14.1. The number of anilines is 1. The summed E-state index contributed by atoms with van der Waals surface area (Å²) < 4.78 is 6.72. The molecule has 5 heteroatoms. The van der Waals surface area contributed by atoms with Gasteiger partial charge in [-0.2, -0.15) is 5.10 Å². The van der Waals surface area contributed by atoms with Crippen molar-refractivity contribution in [3.05, 3.63) is 47.3 Å². The Hall–Kier alpha value is -2.30. The molecule has 1 N–H and O–H groups in total. The predicted molar refractivity (Wildman–Crippen MR) is 77.7 cm³/mol. The molecule has 20 heavy (non-hydrogen) atoms. The Morgan fingerprint density at radius 3 is 2.70 bits per heavy atom. The highest BCUT2D eigenvalue weighted by atomic mass is 16.5. The third-order valence-corrected chi connectivity index (χ3v) is 3.07. The minimum absolute atomic E-state index is 0.332. The minimum atomic E-state index is -0.332. The van der Waals surface area contributed by atoms with Crippen molar-refractivity contribution < 1.29 is 9.53 Å². The van der Waals surface area contributed by atoms with E-state index in [1.54, 1.807) is 17.8 Å². The maximum Gasteiger partial charge on any atom is 0.341 e. The zero-order valence-electron chi connectivity index (χ0n) is 12.0. The molecule has 2 rings (SSSR count). The maximum absolute atomic E-state index is 11.8. The van der Waals surface area contributed by atoms with Crippen molar-refractivity contribution in [2.75, 3.05) is 11.9 Å². The van der Waals surface area contributed by atoms with Gasteiger partial charge in [0.2, 0.25) is 0 Å². The van der Waals surface area contributed by atoms with Gasteiger partial charge in [0.25, 0.3) is 0 Å². The van der Waals surface area contributed by atoms with Crippen LogP contribution in [0.25, 0.3) is 0 Å². The van der Waals surface area contributed by atoms with E-state index in [0.29, 0.717) is 18.7 Å². The molecule has 0 spiro atoms. The summed E-state index contributed by atoms with van der Waals surface area (Å²) in [4.78, 5) is 11.8. The number of nitrogens with zero attached hydrogens (tertiary/aromatic N) is 2. The summed E-state index contributed by atoms with van der Waals surface area (Å²) in [5.74, 6) is -0.332. The number of nitrogens with one attached hydrogen (secondary N) is 1. The molecule has 0 aliphatic rings. The number of esters is 1. The number of carbonyl (C=O) groups is 1. The number of hydrogen-bond donors (Lipinski definition) is 1. The van der Waals surface area contributed by atoms with E-state index in [9.17, 15) is 4.79 Å². The molecule has 5 nitrogen and oxygen atoms in total. The first-order valence-electron chi connectivity index (χ1n) is 6.60. The van der Waals surface area contributed by atoms with Gasteiger partial charge in [-0.3, -0.25) is 4.68 Å². The van der Waals surface area contributed by atoms with Crippen molar-refractivity contribution in [1.29, 1.82) is 0 Å². The fourth-order valence-corrected chi connectivity index (χ4v) is 1.91. The van der Waals surface area contributed by atoms with Crippen molar-refractivity contribution in [2.24, 2.45) is 7.05 Å². The van der Waals surface area contributed by atoms with Gasteiger partial charge in [-0.25, -0.2) is 4.79 Å². The highest BCUT2D eigenvalue weighted by molar-refractivity contribution is 5.90. The lowest BCUT2D eigenvalue weighted by atomic mass is 10.2. The Bertz CT molecular complexity index is 588. The molecule has 0 saturated heterocycles. The molecule has 1 aromatic carbocycles. The van der Waals surface area contributed by atoms with E-state index in [-0.39, 0.29) is 5.97 Å². The molecule has 0 unspecified atom stereocenters. The van der Waals surface area contributed by atoms with Crippen molar-refractivity contribution in [1.82, 2.24) is 9.78 Å². The number of aryl methyl sites for hydroxylation is 2. The smallest absolute Gasteiger partial charge is 0.341 e. The number of rotatable bonds is 5. The quantitative estimate of drug-likeness (QED) is 0.850. The molecule has 0 amide bonds. The fourth-order valence-electron chi connectivity index (χ4n) is 1.91. The molecule has 1 heterocycles. The van der Waals surface area contributed by atoms with Crippen LogP contribution in [0, 0.1) is 6.92 Å². The summed E-state index contributed by atoms with van der Waals surface area (Å²) in [5.41, 5.74) is 3.54. The van der Waals surface area contributed by atoms with Gasteiger partial charge in [0.15, 0.2) is 0 Å². The molecule has 1 aromatic heterocycles. The SMILES string of the molecule is CCOC(=O)c1cnn(C)c1CNc1ccc(C)cc1. The normalized spacial score (nSPS) is 10.3. The Labute approximate surface area is 118 Å². The molecule has 2 aromatic rings. The second-order valence-electron chi connectivity index (χ2n) is 4.57. The van der Waals surface area contributed by atoms with Crippen LogP contribution >= 0.6 is 0 Å². The first-order chi connectivity index (χ1) is 9.61. The minimum Gasteiger partial charge on any atom is -0.462 e. The summed E-state index contributed by atoms with van der Waals surface area (Å²) >= 11 is 0. The lowest BCUT2D eigenvalue weighted by molar-refractivity contribution is 0.0525. The van der Waals surface area contributed by atoms with Gasteiger partial charge >= 0.3 is 5.97 Å². The highest BCUT2D eigenvalue weighted by Gasteiger charge is 2.16. The lowest BCUT2D eigenvalue weighted by Crippen LogP contribution is -2.12. The van der Waals surface area contributed by atoms with E-state index >= 15 is 0 Å². The van der Waals surface area contributed by atoms with E-state index in [4.69, 9.17) is 4.74 Å². The van der Waals surface area contributed by atoms with Crippen molar-refractivity contribution in [3.8, 4) is 0 Å². The van der Waals surface area contributed by atoms with Crippen molar-refractivity contribution in [2.45, 2.75) is 20.4 Å². The van der Waals surface area contributed by atoms with E-state index in [2.05, 4.69) is 10.4 Å². The molecule has 0 aliphatic heterocycles. The molecule has 106 valence electrons. The second kappa shape index (κ2) is 6.23. The van der Waals surface area contributed by atoms with Crippen LogP contribution in [0.3, 0.4) is 0 Å². The van der Waals surface area contributed by atoms with Crippen LogP contribution in [-0.2, 0) is 18.3 Å². The Morgan fingerprint density at radius 2 is 2.05 bits per heavy atom. The van der Waals surface area contributed by atoms with Gasteiger partial charge in [0, 0.05) is 12.7 Å². The van der Waals surface area contributed by atoms with Crippen molar-refractivity contribution >= 4 is 11.7 Å². The van der Waals surface area contributed by atoms with E-state index < -0.39 is 0 Å². The highest BCUT2D eigenvalue weighted by Crippen LogP contribution is 2.14. The Morgan fingerprint density at radius 1 is 1.35 bits per heavy atom. The fraction of sp³-hybridized carbons (Fsp3) is 0.333. The van der Waals surface area contributed by atoms with Crippen LogP contribution in [0.4, 0.5) is 5.69 Å². The largest absolute Gasteiger partial charge is 0.462 e. The molecule has 0 aliphatic carbocycles. The number of benzene rings is 1. The zero-order valence-corrected chi connectivity index (χ0v) is 12.0. The van der Waals surface area contributed by atoms with Gasteiger partial charge < -0.3 is 10.1 Å². The molecular weight excluding hydrogens is 254 g/mol. The van der Waals surface area contributed by atoms with Crippen LogP contribution < -0.4 is 5.32 Å². The maximum atomic E-state index is 11.8. The van der Waals surface area contributed by atoms with Crippen LogP contribution in [0.1, 0.15) is 28.5 Å². The monoisotopic (exact) mass is 273 g/mol. The summed E-state index contributed by atoms with van der Waals surface area (Å²) in [5, 5.41) is 7.41. The molecule has 0 fully saturated rings. The van der Waals surface area contributed by atoms with Gasteiger partial charge in [0.1, 0.15) is 5.56 Å². The lowest BCUT2D eigenvalue weighted by Gasteiger charge is -2.09. The summed E-state index contributed by atoms with van der Waals surface area (Å²) in [6.45, 7) is 4.72. The number of aromatic nitrogens is 2. The summed E-state index contributed by atoms with van der Waals surface area (Å²) in [6, 6.07) is 8.10. The molecule has 0 bridgehead atoms. The van der Waals surface area contributed by atoms with Crippen LogP contribution in [0.2, 0.25) is 0 Å². The van der Waals surface area contributed by atoms with E-state index in [1.165, 1.54) is 5.56 Å². The molecule has 0 atom stereocenters. The Balaban J connectivity index is 2.11. The average Bonchev–Trinajstić information content (AvgIpc) is 2.80. The van der Waals surface area contributed by atoms with E-state index in [1.807, 2.05) is 38.2 Å². The Kier molecular flexibility index (Phi) is 4.40. The first-order valence-corrected chi connectivity index (χ1v) is 6.60. The van der Waals surface area contributed by atoms with Gasteiger partial charge in [0.05, 0.1) is 25.0 Å². The molecular formula is C15H19N3O2. The molecule has 0 saturated carbocycles. The third-order valence-electron chi connectivity index (χ3n) is 3.07. The van der Waals surface area contributed by atoms with Gasteiger partial charge in [-0.1, -0.05) is 17.7 Å². The second-order valence-corrected chi connectivity index (χ2v) is 4.57.